The van der Waals surface area contributed by atoms with E-state index in [2.05, 4.69) is 28.4 Å². The fourth-order valence-corrected chi connectivity index (χ4v) is 3.10. The highest BCUT2D eigenvalue weighted by Crippen LogP contribution is 1.94. The predicted octanol–water partition coefficient (Wildman–Crippen LogP) is 1.71. The Morgan fingerprint density at radius 1 is 1.50 bits per heavy atom. The molecule has 0 amide bonds. The second-order valence-electron chi connectivity index (χ2n) is 2.21. The molecule has 0 spiro atoms. The molecule has 1 heterocycles. The molecule has 0 saturated carbocycles. The van der Waals surface area contributed by atoms with E-state index >= 15 is 0 Å². The van der Waals surface area contributed by atoms with Gasteiger partial charge in [-0.05, 0) is 10.8 Å². The Labute approximate surface area is 58.6 Å². The van der Waals surface area contributed by atoms with Crippen molar-refractivity contribution in [3.63, 3.8) is 0 Å². The van der Waals surface area contributed by atoms with Crippen molar-refractivity contribution < 1.29 is 0 Å². The molecule has 0 unspecified atom stereocenters. The van der Waals surface area contributed by atoms with Crippen molar-refractivity contribution in [2.24, 2.45) is 0 Å². The Morgan fingerprint density at radius 2 is 2.25 bits per heavy atom. The molecule has 0 aliphatic rings. The molecule has 8 heavy (non-hydrogen) atoms. The highest BCUT2D eigenvalue weighted by molar-refractivity contribution is 7.09. The van der Waals surface area contributed by atoms with Crippen molar-refractivity contribution in [1.29, 1.82) is 0 Å². The first kappa shape index (κ1) is 6.35. The zero-order valence-electron chi connectivity index (χ0n) is 5.22. The minimum absolute atomic E-state index is 0.470. The van der Waals surface area contributed by atoms with Crippen LogP contribution in [-0.2, 0) is 0 Å². The van der Waals surface area contributed by atoms with Crippen molar-refractivity contribution in [1.82, 2.24) is 0 Å². The van der Waals surface area contributed by atoms with Crippen LogP contribution in [0.5, 0.6) is 0 Å². The first-order valence-electron chi connectivity index (χ1n) is 2.83. The van der Waals surface area contributed by atoms with Gasteiger partial charge < -0.3 is 0 Å². The van der Waals surface area contributed by atoms with Crippen molar-refractivity contribution in [2.75, 3.05) is 0 Å². The molecule has 1 aromatic rings. The van der Waals surface area contributed by atoms with E-state index in [0.717, 1.165) is 0 Å². The van der Waals surface area contributed by atoms with Gasteiger partial charge in [-0.15, -0.1) is 16.0 Å². The molecule has 1 aromatic heterocycles. The standard InChI is InChI=1S/C4H3S.2CH3.Al/c1-2-4-5-3-1;;;/h1,3-4H;2*1H3;. The molecule has 2 heteroatoms. The van der Waals surface area contributed by atoms with E-state index in [9.17, 15) is 0 Å². The van der Waals surface area contributed by atoms with Crippen molar-refractivity contribution in [2.45, 2.75) is 11.6 Å². The summed E-state index contributed by atoms with van der Waals surface area (Å²) in [6.07, 6.45) is 0. The van der Waals surface area contributed by atoms with Crippen LogP contribution in [0.1, 0.15) is 0 Å². The lowest BCUT2D eigenvalue weighted by Crippen LogP contribution is -2.19. The van der Waals surface area contributed by atoms with Crippen LogP contribution in [0.4, 0.5) is 0 Å². The maximum absolute atomic E-state index is 2.35. The maximum Gasteiger partial charge on any atom is 0.300 e. The lowest BCUT2D eigenvalue weighted by atomic mass is 10.7. The van der Waals surface area contributed by atoms with Gasteiger partial charge in [0.1, 0.15) is 0 Å². The third kappa shape index (κ3) is 1.35. The molecule has 0 bridgehead atoms. The largest absolute Gasteiger partial charge is 0.300 e. The summed E-state index contributed by atoms with van der Waals surface area (Å²) in [5, 5.41) is 4.42. The van der Waals surface area contributed by atoms with E-state index in [1.165, 1.54) is 0 Å². The molecule has 0 nitrogen and oxygen atoms in total. The van der Waals surface area contributed by atoms with Crippen LogP contribution >= 0.6 is 11.3 Å². The lowest BCUT2D eigenvalue weighted by Gasteiger charge is -1.88. The number of hydrogen-bond acceptors (Lipinski definition) is 1. The van der Waals surface area contributed by atoms with Crippen LogP contribution in [0.3, 0.4) is 0 Å². The summed E-state index contributed by atoms with van der Waals surface area (Å²) in [5.41, 5.74) is 0. The molecular weight excluding hydrogens is 131 g/mol. The smallest absolute Gasteiger partial charge is 0.154 e. The van der Waals surface area contributed by atoms with Crippen LogP contribution in [0.25, 0.3) is 0 Å². The van der Waals surface area contributed by atoms with Gasteiger partial charge in [-0.1, -0.05) is 6.07 Å². The fourth-order valence-electron chi connectivity index (χ4n) is 0.604. The van der Waals surface area contributed by atoms with E-state index in [1.807, 2.05) is 0 Å². The van der Waals surface area contributed by atoms with Gasteiger partial charge in [0.2, 0.25) is 0 Å². The van der Waals surface area contributed by atoms with Gasteiger partial charge in [0, 0.05) is 0 Å². The summed E-state index contributed by atoms with van der Waals surface area (Å²) < 4.78 is 1.59. The molecule has 0 aliphatic carbocycles. The normalized spacial score (nSPS) is 9.25. The molecule has 0 N–H and O–H groups in total. The van der Waals surface area contributed by atoms with Crippen LogP contribution in [0, 0.1) is 0 Å². The second-order valence-corrected chi connectivity index (χ2v) is 5.97. The van der Waals surface area contributed by atoms with Crippen molar-refractivity contribution in [3.8, 4) is 0 Å². The third-order valence-electron chi connectivity index (χ3n) is 1.21. The van der Waals surface area contributed by atoms with Gasteiger partial charge in [-0.2, -0.15) is 11.3 Å². The van der Waals surface area contributed by atoms with Gasteiger partial charge in [0.15, 0.2) is 0 Å². The summed E-state index contributed by atoms with van der Waals surface area (Å²) >= 11 is 1.33. The van der Waals surface area contributed by atoms with Gasteiger partial charge >= 0.3 is 14.1 Å². The fraction of sp³-hybridized carbons (Fsp3) is 0.333. The van der Waals surface area contributed by atoms with Gasteiger partial charge in [0.05, 0.1) is 0 Å². The SMILES string of the molecule is [CH3][Al]([CH3])[c]1ccsc1. The number of thiophene rings is 1. The quantitative estimate of drug-likeness (QED) is 0.521. The first-order valence-corrected chi connectivity index (χ1v) is 6.66. The van der Waals surface area contributed by atoms with Crippen LogP contribution < -0.4 is 4.43 Å². The summed E-state index contributed by atoms with van der Waals surface area (Å²) in [5.74, 6) is 4.70. The molecular formula is C6H9AlS. The Bertz CT molecular complexity index is 144. The average molecular weight is 140 g/mol. The van der Waals surface area contributed by atoms with Gasteiger partial charge in [-0.3, -0.25) is 0 Å². The first-order chi connectivity index (χ1) is 3.80. The van der Waals surface area contributed by atoms with E-state index in [4.69, 9.17) is 0 Å². The molecule has 42 valence electrons. The summed E-state index contributed by atoms with van der Waals surface area (Å²) in [4.78, 5) is 0. The summed E-state index contributed by atoms with van der Waals surface area (Å²) in [6, 6.07) is 2.24. The van der Waals surface area contributed by atoms with E-state index < -0.39 is 14.1 Å². The highest BCUT2D eigenvalue weighted by Gasteiger charge is 2.03. The van der Waals surface area contributed by atoms with Crippen molar-refractivity contribution in [3.05, 3.63) is 16.8 Å². The molecule has 0 aromatic carbocycles. The molecule has 1 rings (SSSR count). The zero-order chi connectivity index (χ0) is 5.98. The lowest BCUT2D eigenvalue weighted by molar-refractivity contribution is 1.95. The molecule has 0 radical (unpaired) electrons. The van der Waals surface area contributed by atoms with E-state index in [0.29, 0.717) is 0 Å². The van der Waals surface area contributed by atoms with Crippen LogP contribution in [-0.4, -0.2) is 14.1 Å². The summed E-state index contributed by atoms with van der Waals surface area (Å²) in [6.45, 7) is 0. The van der Waals surface area contributed by atoms with Gasteiger partial charge in [0.25, 0.3) is 0 Å². The maximum atomic E-state index is 2.35. The Morgan fingerprint density at radius 3 is 2.50 bits per heavy atom. The molecule has 0 saturated heterocycles. The molecule has 0 fully saturated rings. The highest BCUT2D eigenvalue weighted by atomic mass is 32.1. The predicted molar refractivity (Wildman–Crippen MR) is 41.4 cm³/mol. The van der Waals surface area contributed by atoms with E-state index in [-0.39, 0.29) is 0 Å². The Kier molecular flexibility index (Phi) is 2.13. The minimum atomic E-state index is -0.470. The number of rotatable bonds is 1. The second kappa shape index (κ2) is 2.68. The zero-order valence-corrected chi connectivity index (χ0v) is 7.19. The minimum Gasteiger partial charge on any atom is -0.154 e. The van der Waals surface area contributed by atoms with Gasteiger partial charge in [-0.25, -0.2) is 0 Å². The monoisotopic (exact) mass is 140 g/mol. The Balaban J connectivity index is 2.77. The summed E-state index contributed by atoms with van der Waals surface area (Å²) in [7, 11) is 0. The van der Waals surface area contributed by atoms with E-state index in [1.54, 1.807) is 15.8 Å². The third-order valence-corrected chi connectivity index (χ3v) is 3.85. The Hall–Kier alpha value is 0.232. The van der Waals surface area contributed by atoms with Crippen LogP contribution in [0.15, 0.2) is 16.8 Å². The molecule has 0 atom stereocenters. The van der Waals surface area contributed by atoms with Crippen LogP contribution in [0.2, 0.25) is 11.6 Å². The molecule has 0 aliphatic heterocycles. The van der Waals surface area contributed by atoms with Crippen molar-refractivity contribution >= 4 is 29.9 Å². The average Bonchev–Trinajstić information content (AvgIpc) is 2.12. The topological polar surface area (TPSA) is 0 Å². The number of hydrogen-bond donors (Lipinski definition) is 0.